The first-order valence-corrected chi connectivity index (χ1v) is 4.83. The van der Waals surface area contributed by atoms with Crippen LogP contribution in [0.3, 0.4) is 0 Å². The molecule has 1 amide bonds. The Morgan fingerprint density at radius 3 is 2.85 bits per heavy atom. The van der Waals surface area contributed by atoms with Crippen molar-refractivity contribution in [1.29, 1.82) is 0 Å². The van der Waals surface area contributed by atoms with Crippen molar-refractivity contribution in [3.63, 3.8) is 0 Å². The number of likely N-dealkylation sites (tertiary alicyclic amines) is 1. The fourth-order valence-electron chi connectivity index (χ4n) is 2.08. The quantitative estimate of drug-likeness (QED) is 0.616. The molecule has 0 radical (unpaired) electrons. The number of carbonyl (C=O) groups excluding carboxylic acids is 1. The Kier molecular flexibility index (Phi) is 3.69. The Bertz CT molecular complexity index is 184. The van der Waals surface area contributed by atoms with Gasteiger partial charge in [-0.25, -0.2) is 0 Å². The van der Waals surface area contributed by atoms with Gasteiger partial charge in [0.05, 0.1) is 5.92 Å². The predicted molar refractivity (Wildman–Crippen MR) is 52.0 cm³/mol. The second-order valence-corrected chi connectivity index (χ2v) is 3.91. The maximum Gasteiger partial charge on any atom is 0.222 e. The minimum atomic E-state index is -0.247. The van der Waals surface area contributed by atoms with E-state index in [9.17, 15) is 4.79 Å². The molecule has 1 saturated heterocycles. The topological polar surface area (TPSA) is 72.3 Å². The third-order valence-electron chi connectivity index (χ3n) is 2.85. The van der Waals surface area contributed by atoms with Gasteiger partial charge in [-0.15, -0.1) is 0 Å². The molecule has 1 heterocycles. The smallest absolute Gasteiger partial charge is 0.222 e. The number of hydrogen-bond donors (Lipinski definition) is 2. The van der Waals surface area contributed by atoms with Crippen molar-refractivity contribution in [3.8, 4) is 0 Å². The van der Waals surface area contributed by atoms with Crippen LogP contribution in [0.5, 0.6) is 0 Å². The zero-order valence-corrected chi connectivity index (χ0v) is 8.20. The first-order valence-electron chi connectivity index (χ1n) is 4.83. The molecule has 0 unspecified atom stereocenters. The third kappa shape index (κ3) is 2.67. The van der Waals surface area contributed by atoms with Gasteiger partial charge < -0.3 is 16.4 Å². The Morgan fingerprint density at radius 2 is 2.38 bits per heavy atom. The molecule has 0 bridgehead atoms. The van der Waals surface area contributed by atoms with Crippen molar-refractivity contribution < 1.29 is 4.79 Å². The van der Waals surface area contributed by atoms with Crippen molar-refractivity contribution >= 4 is 5.91 Å². The maximum absolute atomic E-state index is 11.1. The van der Waals surface area contributed by atoms with Crippen LogP contribution in [0.15, 0.2) is 0 Å². The third-order valence-corrected chi connectivity index (χ3v) is 2.85. The zero-order valence-electron chi connectivity index (χ0n) is 8.20. The van der Waals surface area contributed by atoms with Crippen LogP contribution in [0.2, 0.25) is 0 Å². The minimum Gasteiger partial charge on any atom is -0.369 e. The van der Waals surface area contributed by atoms with Gasteiger partial charge in [-0.05, 0) is 32.4 Å². The van der Waals surface area contributed by atoms with E-state index in [4.69, 9.17) is 11.5 Å². The van der Waals surface area contributed by atoms with Crippen LogP contribution >= 0.6 is 0 Å². The van der Waals surface area contributed by atoms with Crippen molar-refractivity contribution in [2.75, 3.05) is 26.7 Å². The van der Waals surface area contributed by atoms with Crippen molar-refractivity contribution in [3.05, 3.63) is 0 Å². The van der Waals surface area contributed by atoms with E-state index in [-0.39, 0.29) is 11.8 Å². The number of primary amides is 1. The minimum absolute atomic E-state index is 0.136. The molecule has 0 aromatic carbocycles. The molecule has 1 aliphatic rings. The highest BCUT2D eigenvalue weighted by atomic mass is 16.1. The highest BCUT2D eigenvalue weighted by Gasteiger charge is 2.28. The van der Waals surface area contributed by atoms with Gasteiger partial charge in [-0.2, -0.15) is 0 Å². The summed E-state index contributed by atoms with van der Waals surface area (Å²) >= 11 is 0. The Balaban J connectivity index is 2.52. The summed E-state index contributed by atoms with van der Waals surface area (Å²) in [4.78, 5) is 13.3. The van der Waals surface area contributed by atoms with Crippen LogP contribution in [0.25, 0.3) is 0 Å². The van der Waals surface area contributed by atoms with E-state index in [1.807, 2.05) is 0 Å². The van der Waals surface area contributed by atoms with Crippen LogP contribution < -0.4 is 11.5 Å². The van der Waals surface area contributed by atoms with E-state index in [2.05, 4.69) is 11.9 Å². The predicted octanol–water partition coefficient (Wildman–Crippen LogP) is -0.612. The monoisotopic (exact) mass is 185 g/mol. The second-order valence-electron chi connectivity index (χ2n) is 3.91. The fourth-order valence-corrected chi connectivity index (χ4v) is 2.08. The van der Waals surface area contributed by atoms with E-state index in [0.717, 1.165) is 25.9 Å². The van der Waals surface area contributed by atoms with Gasteiger partial charge in [0.15, 0.2) is 0 Å². The molecule has 4 nitrogen and oxygen atoms in total. The lowest BCUT2D eigenvalue weighted by molar-refractivity contribution is -0.123. The fraction of sp³-hybridized carbons (Fsp3) is 0.889. The average Bonchev–Trinajstić information content (AvgIpc) is 2.04. The van der Waals surface area contributed by atoms with Crippen molar-refractivity contribution in [2.24, 2.45) is 23.3 Å². The molecule has 0 aromatic heterocycles. The Morgan fingerprint density at radius 1 is 1.69 bits per heavy atom. The van der Waals surface area contributed by atoms with Gasteiger partial charge in [0.25, 0.3) is 0 Å². The van der Waals surface area contributed by atoms with Crippen molar-refractivity contribution in [1.82, 2.24) is 4.90 Å². The van der Waals surface area contributed by atoms with Gasteiger partial charge in [-0.1, -0.05) is 0 Å². The van der Waals surface area contributed by atoms with E-state index < -0.39 is 0 Å². The van der Waals surface area contributed by atoms with Crippen LogP contribution in [0, 0.1) is 11.8 Å². The summed E-state index contributed by atoms with van der Waals surface area (Å²) < 4.78 is 0. The zero-order chi connectivity index (χ0) is 9.84. The standard InChI is InChI=1S/C9H19N3O/c1-12-4-2-3-7(6-12)8(5-10)9(11)13/h7-8H,2-6,10H2,1H3,(H2,11,13)/t7-,8-/m1/s1. The van der Waals surface area contributed by atoms with E-state index >= 15 is 0 Å². The SMILES string of the molecule is CN1CCC[C@@H]([C@@H](CN)C(N)=O)C1. The highest BCUT2D eigenvalue weighted by molar-refractivity contribution is 5.77. The van der Waals surface area contributed by atoms with E-state index in [0.29, 0.717) is 12.5 Å². The summed E-state index contributed by atoms with van der Waals surface area (Å²) in [7, 11) is 2.07. The molecular formula is C9H19N3O. The summed E-state index contributed by atoms with van der Waals surface area (Å²) in [5.41, 5.74) is 10.8. The van der Waals surface area contributed by atoms with E-state index in [1.165, 1.54) is 0 Å². The lowest BCUT2D eigenvalue weighted by Gasteiger charge is -2.33. The molecule has 4 N–H and O–H groups in total. The summed E-state index contributed by atoms with van der Waals surface area (Å²) in [6, 6.07) is 0. The molecule has 0 aromatic rings. The molecule has 4 heteroatoms. The molecule has 0 spiro atoms. The first kappa shape index (κ1) is 10.5. The van der Waals surface area contributed by atoms with Gasteiger partial charge >= 0.3 is 0 Å². The van der Waals surface area contributed by atoms with Crippen LogP contribution in [-0.2, 0) is 4.79 Å². The highest BCUT2D eigenvalue weighted by Crippen LogP contribution is 2.22. The van der Waals surface area contributed by atoms with Gasteiger partial charge in [0.2, 0.25) is 5.91 Å². The van der Waals surface area contributed by atoms with E-state index in [1.54, 1.807) is 0 Å². The summed E-state index contributed by atoms with van der Waals surface area (Å²) in [6.07, 6.45) is 2.22. The van der Waals surface area contributed by atoms with Crippen LogP contribution in [-0.4, -0.2) is 37.5 Å². The number of nitrogens with zero attached hydrogens (tertiary/aromatic N) is 1. The Labute approximate surface area is 79.3 Å². The number of amides is 1. The van der Waals surface area contributed by atoms with Crippen LogP contribution in [0.1, 0.15) is 12.8 Å². The second kappa shape index (κ2) is 4.58. The van der Waals surface area contributed by atoms with Crippen LogP contribution in [0.4, 0.5) is 0 Å². The molecule has 0 saturated carbocycles. The normalized spacial score (nSPS) is 27.1. The molecule has 2 atom stereocenters. The average molecular weight is 185 g/mol. The maximum atomic E-state index is 11.1. The number of hydrogen-bond acceptors (Lipinski definition) is 3. The molecule has 76 valence electrons. The molecule has 1 rings (SSSR count). The lowest BCUT2D eigenvalue weighted by atomic mass is 9.85. The summed E-state index contributed by atoms with van der Waals surface area (Å²) in [5, 5.41) is 0. The van der Waals surface area contributed by atoms with Gasteiger partial charge in [0.1, 0.15) is 0 Å². The summed E-state index contributed by atoms with van der Waals surface area (Å²) in [5.74, 6) is -0.0215. The van der Waals surface area contributed by atoms with Crippen molar-refractivity contribution in [2.45, 2.75) is 12.8 Å². The number of piperidine rings is 1. The molecule has 1 aliphatic heterocycles. The molecule has 0 aliphatic carbocycles. The first-order chi connectivity index (χ1) is 6.15. The lowest BCUT2D eigenvalue weighted by Crippen LogP contribution is -2.43. The number of rotatable bonds is 3. The largest absolute Gasteiger partial charge is 0.369 e. The Hall–Kier alpha value is -0.610. The molecule has 1 fully saturated rings. The van der Waals surface area contributed by atoms with Gasteiger partial charge in [-0.3, -0.25) is 4.79 Å². The molecular weight excluding hydrogens is 166 g/mol. The summed E-state index contributed by atoms with van der Waals surface area (Å²) in [6.45, 7) is 2.45. The molecule has 13 heavy (non-hydrogen) atoms. The number of nitrogens with two attached hydrogens (primary N) is 2. The van der Waals surface area contributed by atoms with Gasteiger partial charge in [0, 0.05) is 13.1 Å². The number of carbonyl (C=O) groups is 1.